The Labute approximate surface area is 129 Å². The lowest BCUT2D eigenvalue weighted by Crippen LogP contribution is -2.00. The fraction of sp³-hybridized carbons (Fsp3) is 0.231. The lowest BCUT2D eigenvalue weighted by atomic mass is 10.1. The number of aromatic amines is 1. The van der Waals surface area contributed by atoms with Gasteiger partial charge in [-0.1, -0.05) is 37.7 Å². The maximum Gasteiger partial charge on any atom is 0.144 e. The molecule has 0 saturated carbocycles. The average molecular weight is 362 g/mol. The van der Waals surface area contributed by atoms with E-state index in [1.807, 2.05) is 13.8 Å². The smallest absolute Gasteiger partial charge is 0.144 e. The van der Waals surface area contributed by atoms with E-state index in [0.717, 1.165) is 10.2 Å². The fourth-order valence-electron chi connectivity index (χ4n) is 1.65. The molecule has 0 fully saturated rings. The molecule has 1 aromatic carbocycles. The van der Waals surface area contributed by atoms with E-state index in [1.165, 1.54) is 12.1 Å². The highest BCUT2D eigenvalue weighted by atomic mass is 79.9. The predicted molar refractivity (Wildman–Crippen MR) is 81.6 cm³/mol. The Morgan fingerprint density at radius 3 is 2.68 bits per heavy atom. The van der Waals surface area contributed by atoms with Crippen LogP contribution in [0.4, 0.5) is 4.39 Å². The van der Waals surface area contributed by atoms with Crippen molar-refractivity contribution in [3.63, 3.8) is 0 Å². The SMILES string of the molecule is CC(C)c1[nH]c(-c2ccc(F)c(Cl)c2)nc(=S)c1Br. The number of nitrogens with zero attached hydrogens (tertiary/aromatic N) is 1. The highest BCUT2D eigenvalue weighted by Gasteiger charge is 2.12. The number of halogens is 3. The molecule has 0 spiro atoms. The van der Waals surface area contributed by atoms with Gasteiger partial charge in [-0.25, -0.2) is 9.37 Å². The van der Waals surface area contributed by atoms with Crippen molar-refractivity contribution in [3.05, 3.63) is 43.8 Å². The molecule has 1 aromatic heterocycles. The maximum atomic E-state index is 13.2. The van der Waals surface area contributed by atoms with Gasteiger partial charge in [0.15, 0.2) is 0 Å². The van der Waals surface area contributed by atoms with Crippen LogP contribution in [0.1, 0.15) is 25.5 Å². The van der Waals surface area contributed by atoms with Gasteiger partial charge in [0.05, 0.1) is 9.50 Å². The highest BCUT2D eigenvalue weighted by molar-refractivity contribution is 9.10. The molecule has 2 rings (SSSR count). The standard InChI is InChI=1S/C13H11BrClFN2S/c1-6(2)11-10(14)13(19)18-12(17-11)7-3-4-9(16)8(15)5-7/h3-6H,1-2H3,(H,17,18,19). The Morgan fingerprint density at radius 1 is 1.42 bits per heavy atom. The minimum Gasteiger partial charge on any atom is -0.342 e. The molecule has 0 saturated heterocycles. The Hall–Kier alpha value is -0.780. The van der Waals surface area contributed by atoms with Crippen LogP contribution in [0.15, 0.2) is 22.7 Å². The van der Waals surface area contributed by atoms with Gasteiger partial charge in [-0.15, -0.1) is 0 Å². The van der Waals surface area contributed by atoms with E-state index in [1.54, 1.807) is 6.07 Å². The van der Waals surface area contributed by atoms with Gasteiger partial charge in [0.1, 0.15) is 16.3 Å². The molecule has 0 aliphatic rings. The quantitative estimate of drug-likeness (QED) is 0.717. The summed E-state index contributed by atoms with van der Waals surface area (Å²) in [7, 11) is 0. The van der Waals surface area contributed by atoms with Crippen molar-refractivity contribution in [2.24, 2.45) is 0 Å². The third-order valence-electron chi connectivity index (χ3n) is 2.66. The van der Waals surface area contributed by atoms with Crippen LogP contribution < -0.4 is 0 Å². The number of aromatic nitrogens is 2. The van der Waals surface area contributed by atoms with Crippen LogP contribution in [0.25, 0.3) is 11.4 Å². The van der Waals surface area contributed by atoms with Crippen molar-refractivity contribution < 1.29 is 4.39 Å². The molecule has 0 atom stereocenters. The van der Waals surface area contributed by atoms with Crippen LogP contribution in [-0.4, -0.2) is 9.97 Å². The Bertz CT molecular complexity index is 685. The molecule has 0 bridgehead atoms. The summed E-state index contributed by atoms with van der Waals surface area (Å²) >= 11 is 14.4. The summed E-state index contributed by atoms with van der Waals surface area (Å²) in [5, 5.41) is 0.0626. The molecule has 1 N–H and O–H groups in total. The van der Waals surface area contributed by atoms with Crippen molar-refractivity contribution in [2.45, 2.75) is 19.8 Å². The minimum absolute atomic E-state index is 0.0626. The monoisotopic (exact) mass is 360 g/mol. The Morgan fingerprint density at radius 2 is 2.11 bits per heavy atom. The third-order valence-corrected chi connectivity index (χ3v) is 4.31. The second kappa shape index (κ2) is 5.69. The molecule has 0 unspecified atom stereocenters. The van der Waals surface area contributed by atoms with E-state index >= 15 is 0 Å². The largest absolute Gasteiger partial charge is 0.342 e. The Balaban J connectivity index is 2.63. The van der Waals surface area contributed by atoms with Crippen molar-refractivity contribution in [1.82, 2.24) is 9.97 Å². The summed E-state index contributed by atoms with van der Waals surface area (Å²) in [4.78, 5) is 7.50. The van der Waals surface area contributed by atoms with Gasteiger partial charge in [0, 0.05) is 11.3 Å². The molecule has 2 aromatic rings. The summed E-state index contributed by atoms with van der Waals surface area (Å²) in [6.45, 7) is 4.10. The van der Waals surface area contributed by atoms with Gasteiger partial charge in [0.25, 0.3) is 0 Å². The van der Waals surface area contributed by atoms with Crippen molar-refractivity contribution in [1.29, 1.82) is 0 Å². The summed E-state index contributed by atoms with van der Waals surface area (Å²) < 4.78 is 14.4. The zero-order chi connectivity index (χ0) is 14.2. The number of hydrogen-bond acceptors (Lipinski definition) is 2. The van der Waals surface area contributed by atoms with Crippen LogP contribution in [0.5, 0.6) is 0 Å². The van der Waals surface area contributed by atoms with Gasteiger partial charge in [0.2, 0.25) is 0 Å². The van der Waals surface area contributed by atoms with Crippen molar-refractivity contribution >= 4 is 39.7 Å². The fourth-order valence-corrected chi connectivity index (χ4v) is 2.68. The number of rotatable bonds is 2. The number of nitrogens with one attached hydrogen (secondary N) is 1. The number of H-pyrrole nitrogens is 1. The summed E-state index contributed by atoms with van der Waals surface area (Å²) in [5.74, 6) is 0.387. The Kier molecular flexibility index (Phi) is 4.38. The van der Waals surface area contributed by atoms with Crippen LogP contribution in [-0.2, 0) is 0 Å². The molecule has 0 radical (unpaired) electrons. The van der Waals surface area contributed by atoms with E-state index in [4.69, 9.17) is 23.8 Å². The summed E-state index contributed by atoms with van der Waals surface area (Å²) in [6.07, 6.45) is 0. The zero-order valence-corrected chi connectivity index (χ0v) is 13.5. The maximum absolute atomic E-state index is 13.2. The van der Waals surface area contributed by atoms with E-state index in [2.05, 4.69) is 25.9 Å². The lowest BCUT2D eigenvalue weighted by molar-refractivity contribution is 0.628. The normalized spacial score (nSPS) is 11.1. The van der Waals surface area contributed by atoms with Crippen LogP contribution in [0, 0.1) is 10.5 Å². The lowest BCUT2D eigenvalue weighted by Gasteiger charge is -2.11. The number of hydrogen-bond donors (Lipinski definition) is 1. The second-order valence-corrected chi connectivity index (χ2v) is 5.99. The molecule has 6 heteroatoms. The predicted octanol–water partition coefficient (Wildman–Crippen LogP) is 5.48. The first kappa shape index (κ1) is 14.6. The van der Waals surface area contributed by atoms with Crippen LogP contribution in [0.2, 0.25) is 5.02 Å². The molecule has 0 aliphatic carbocycles. The van der Waals surface area contributed by atoms with Gasteiger partial charge in [-0.2, -0.15) is 0 Å². The molecule has 0 amide bonds. The van der Waals surface area contributed by atoms with Gasteiger partial charge < -0.3 is 4.98 Å². The van der Waals surface area contributed by atoms with E-state index < -0.39 is 5.82 Å². The van der Waals surface area contributed by atoms with Crippen LogP contribution >= 0.6 is 39.7 Å². The van der Waals surface area contributed by atoms with Crippen molar-refractivity contribution in [2.75, 3.05) is 0 Å². The first-order chi connectivity index (χ1) is 8.90. The molecule has 100 valence electrons. The highest BCUT2D eigenvalue weighted by Crippen LogP contribution is 2.28. The molecule has 19 heavy (non-hydrogen) atoms. The van der Waals surface area contributed by atoms with E-state index in [9.17, 15) is 4.39 Å². The summed E-state index contributed by atoms with van der Waals surface area (Å²) in [5.41, 5.74) is 1.65. The second-order valence-electron chi connectivity index (χ2n) is 4.40. The first-order valence-electron chi connectivity index (χ1n) is 5.65. The zero-order valence-electron chi connectivity index (χ0n) is 10.3. The van der Waals surface area contributed by atoms with E-state index in [0.29, 0.717) is 16.0 Å². The molecule has 2 nitrogen and oxygen atoms in total. The number of benzene rings is 1. The molecular formula is C13H11BrClFN2S. The van der Waals surface area contributed by atoms with Gasteiger partial charge in [-0.05, 0) is 40.0 Å². The molecular weight excluding hydrogens is 351 g/mol. The van der Waals surface area contributed by atoms with Gasteiger partial charge >= 0.3 is 0 Å². The summed E-state index contributed by atoms with van der Waals surface area (Å²) in [6, 6.07) is 4.46. The molecule has 0 aliphatic heterocycles. The third kappa shape index (κ3) is 3.04. The first-order valence-corrected chi connectivity index (χ1v) is 7.23. The minimum atomic E-state index is -0.454. The topological polar surface area (TPSA) is 28.7 Å². The van der Waals surface area contributed by atoms with Crippen LogP contribution in [0.3, 0.4) is 0 Å². The average Bonchev–Trinajstić information content (AvgIpc) is 2.35. The van der Waals surface area contributed by atoms with Crippen molar-refractivity contribution in [3.8, 4) is 11.4 Å². The van der Waals surface area contributed by atoms with Gasteiger partial charge in [-0.3, -0.25) is 0 Å². The van der Waals surface area contributed by atoms with E-state index in [-0.39, 0.29) is 10.9 Å². The molecule has 1 heterocycles.